The van der Waals surface area contributed by atoms with Gasteiger partial charge < -0.3 is 14.6 Å². The van der Waals surface area contributed by atoms with Crippen molar-refractivity contribution in [3.8, 4) is 0 Å². The fourth-order valence-corrected chi connectivity index (χ4v) is 2.79. The molecule has 1 atom stereocenters. The van der Waals surface area contributed by atoms with Crippen LogP contribution in [0.4, 0.5) is 0 Å². The summed E-state index contributed by atoms with van der Waals surface area (Å²) < 4.78 is 2.03. The molecule has 18 heavy (non-hydrogen) atoms. The van der Waals surface area contributed by atoms with Gasteiger partial charge in [0.15, 0.2) is 0 Å². The first-order chi connectivity index (χ1) is 8.66. The SMILES string of the molecule is CCCC1(C(=O)O)CCN(CCn2ccnc2)C1. The van der Waals surface area contributed by atoms with Crippen LogP contribution in [-0.2, 0) is 11.3 Å². The largest absolute Gasteiger partial charge is 0.481 e. The van der Waals surface area contributed by atoms with Crippen LogP contribution in [0.2, 0.25) is 0 Å². The molecule has 0 saturated carbocycles. The first kappa shape index (κ1) is 13.1. The van der Waals surface area contributed by atoms with Crippen molar-refractivity contribution < 1.29 is 9.90 Å². The highest BCUT2D eigenvalue weighted by molar-refractivity contribution is 5.75. The molecule has 2 rings (SSSR count). The summed E-state index contributed by atoms with van der Waals surface area (Å²) >= 11 is 0. The van der Waals surface area contributed by atoms with Gasteiger partial charge in [0.25, 0.3) is 0 Å². The Bertz CT molecular complexity index is 391. The third-order valence-corrected chi connectivity index (χ3v) is 3.85. The third-order valence-electron chi connectivity index (χ3n) is 3.85. The molecule has 0 aromatic carbocycles. The van der Waals surface area contributed by atoms with Crippen molar-refractivity contribution in [2.45, 2.75) is 32.7 Å². The van der Waals surface area contributed by atoms with Gasteiger partial charge in [-0.15, -0.1) is 0 Å². The molecule has 1 aliphatic heterocycles. The monoisotopic (exact) mass is 251 g/mol. The van der Waals surface area contributed by atoms with Crippen LogP contribution in [0.25, 0.3) is 0 Å². The van der Waals surface area contributed by atoms with Gasteiger partial charge in [-0.3, -0.25) is 4.79 Å². The highest BCUT2D eigenvalue weighted by Gasteiger charge is 2.43. The van der Waals surface area contributed by atoms with Crippen molar-refractivity contribution in [3.63, 3.8) is 0 Å². The average molecular weight is 251 g/mol. The zero-order valence-corrected chi connectivity index (χ0v) is 10.9. The van der Waals surface area contributed by atoms with Gasteiger partial charge in [-0.1, -0.05) is 13.3 Å². The Morgan fingerprint density at radius 1 is 1.50 bits per heavy atom. The smallest absolute Gasteiger partial charge is 0.310 e. The van der Waals surface area contributed by atoms with Crippen LogP contribution in [0.5, 0.6) is 0 Å². The van der Waals surface area contributed by atoms with Crippen molar-refractivity contribution in [2.24, 2.45) is 5.41 Å². The van der Waals surface area contributed by atoms with Crippen LogP contribution >= 0.6 is 0 Å². The standard InChI is InChI=1S/C13H21N3O2/c1-2-3-13(12(17)18)4-6-15(10-13)8-9-16-7-5-14-11-16/h5,7,11H,2-4,6,8-10H2,1H3,(H,17,18). The minimum Gasteiger partial charge on any atom is -0.481 e. The van der Waals surface area contributed by atoms with Crippen molar-refractivity contribution in [1.82, 2.24) is 14.5 Å². The first-order valence-corrected chi connectivity index (χ1v) is 6.58. The van der Waals surface area contributed by atoms with Crippen molar-refractivity contribution >= 4 is 5.97 Å². The summed E-state index contributed by atoms with van der Waals surface area (Å²) in [4.78, 5) is 17.7. The molecule has 1 aromatic heterocycles. The molecule has 0 bridgehead atoms. The summed E-state index contributed by atoms with van der Waals surface area (Å²) in [5.41, 5.74) is -0.510. The van der Waals surface area contributed by atoms with E-state index in [1.54, 1.807) is 12.5 Å². The van der Waals surface area contributed by atoms with E-state index in [2.05, 4.69) is 16.8 Å². The van der Waals surface area contributed by atoms with Crippen LogP contribution in [0.15, 0.2) is 18.7 Å². The van der Waals surface area contributed by atoms with Crippen LogP contribution in [0.3, 0.4) is 0 Å². The normalized spacial score (nSPS) is 24.5. The van der Waals surface area contributed by atoms with E-state index >= 15 is 0 Å². The zero-order chi connectivity index (χ0) is 13.0. The Hall–Kier alpha value is -1.36. The van der Waals surface area contributed by atoms with Gasteiger partial charge in [0.05, 0.1) is 11.7 Å². The molecule has 1 aromatic rings. The summed E-state index contributed by atoms with van der Waals surface area (Å²) in [7, 11) is 0. The van der Waals surface area contributed by atoms with Gasteiger partial charge in [0, 0.05) is 32.0 Å². The first-order valence-electron chi connectivity index (χ1n) is 6.58. The Morgan fingerprint density at radius 3 is 2.94 bits per heavy atom. The van der Waals surface area contributed by atoms with Crippen molar-refractivity contribution in [2.75, 3.05) is 19.6 Å². The van der Waals surface area contributed by atoms with E-state index in [1.165, 1.54) is 0 Å². The highest BCUT2D eigenvalue weighted by Crippen LogP contribution is 2.35. The summed E-state index contributed by atoms with van der Waals surface area (Å²) in [5, 5.41) is 9.42. The summed E-state index contributed by atoms with van der Waals surface area (Å²) in [5.74, 6) is -0.630. The number of nitrogens with zero attached hydrogens (tertiary/aromatic N) is 3. The summed E-state index contributed by atoms with van der Waals surface area (Å²) in [6.45, 7) is 5.40. The Morgan fingerprint density at radius 2 is 2.33 bits per heavy atom. The van der Waals surface area contributed by atoms with Gasteiger partial charge >= 0.3 is 5.97 Å². The van der Waals surface area contributed by atoms with Crippen molar-refractivity contribution in [1.29, 1.82) is 0 Å². The van der Waals surface area contributed by atoms with E-state index in [9.17, 15) is 9.90 Å². The number of carboxylic acid groups (broad SMARTS) is 1. The van der Waals surface area contributed by atoms with Gasteiger partial charge in [0.2, 0.25) is 0 Å². The molecule has 0 spiro atoms. The molecule has 5 heteroatoms. The number of aliphatic carboxylic acids is 1. The molecule has 0 aliphatic carbocycles. The molecule has 0 radical (unpaired) electrons. The van der Waals surface area contributed by atoms with E-state index in [4.69, 9.17) is 0 Å². The van der Waals surface area contributed by atoms with Crippen LogP contribution < -0.4 is 0 Å². The van der Waals surface area contributed by atoms with Crippen LogP contribution in [-0.4, -0.2) is 45.2 Å². The van der Waals surface area contributed by atoms with Gasteiger partial charge in [0.1, 0.15) is 0 Å². The second kappa shape index (κ2) is 5.52. The van der Waals surface area contributed by atoms with E-state index < -0.39 is 11.4 Å². The highest BCUT2D eigenvalue weighted by atomic mass is 16.4. The van der Waals surface area contributed by atoms with Gasteiger partial charge in [-0.05, 0) is 19.4 Å². The maximum absolute atomic E-state index is 11.5. The summed E-state index contributed by atoms with van der Waals surface area (Å²) in [6.07, 6.45) is 7.99. The molecule has 1 N–H and O–H groups in total. The Kier molecular flexibility index (Phi) is 4.01. The number of rotatable bonds is 6. The molecule has 5 nitrogen and oxygen atoms in total. The molecule has 0 amide bonds. The van der Waals surface area contributed by atoms with Crippen LogP contribution in [0.1, 0.15) is 26.2 Å². The van der Waals surface area contributed by atoms with E-state index in [1.807, 2.05) is 10.8 Å². The molecular weight excluding hydrogens is 230 g/mol. The zero-order valence-electron chi connectivity index (χ0n) is 10.9. The van der Waals surface area contributed by atoms with E-state index in [-0.39, 0.29) is 0 Å². The lowest BCUT2D eigenvalue weighted by Crippen LogP contribution is -2.35. The molecule has 1 fully saturated rings. The summed E-state index contributed by atoms with van der Waals surface area (Å²) in [6, 6.07) is 0. The predicted octanol–water partition coefficient (Wildman–Crippen LogP) is 1.46. The lowest BCUT2D eigenvalue weighted by atomic mass is 9.83. The maximum Gasteiger partial charge on any atom is 0.310 e. The minimum absolute atomic E-state index is 0.510. The Balaban J connectivity index is 1.88. The fraction of sp³-hybridized carbons (Fsp3) is 0.692. The number of carboxylic acids is 1. The molecule has 100 valence electrons. The Labute approximate surface area is 107 Å². The lowest BCUT2D eigenvalue weighted by molar-refractivity contribution is -0.148. The number of hydrogen-bond acceptors (Lipinski definition) is 3. The number of carbonyl (C=O) groups is 1. The molecule has 1 unspecified atom stereocenters. The lowest BCUT2D eigenvalue weighted by Gasteiger charge is -2.24. The van der Waals surface area contributed by atoms with Gasteiger partial charge in [-0.25, -0.2) is 4.98 Å². The average Bonchev–Trinajstić information content (AvgIpc) is 2.96. The van der Waals surface area contributed by atoms with Crippen LogP contribution in [0, 0.1) is 5.41 Å². The second-order valence-electron chi connectivity index (χ2n) is 5.16. The van der Waals surface area contributed by atoms with E-state index in [0.29, 0.717) is 6.54 Å². The number of aromatic nitrogens is 2. The predicted molar refractivity (Wildman–Crippen MR) is 68.3 cm³/mol. The van der Waals surface area contributed by atoms with Crippen molar-refractivity contribution in [3.05, 3.63) is 18.7 Å². The van der Waals surface area contributed by atoms with Gasteiger partial charge in [-0.2, -0.15) is 0 Å². The molecule has 2 heterocycles. The number of likely N-dealkylation sites (tertiary alicyclic amines) is 1. The number of hydrogen-bond donors (Lipinski definition) is 1. The molecule has 1 saturated heterocycles. The van der Waals surface area contributed by atoms with E-state index in [0.717, 1.165) is 38.9 Å². The number of imidazole rings is 1. The fourth-order valence-electron chi connectivity index (χ4n) is 2.79. The molecule has 1 aliphatic rings. The third kappa shape index (κ3) is 2.72. The second-order valence-corrected chi connectivity index (χ2v) is 5.16. The maximum atomic E-state index is 11.5. The quantitative estimate of drug-likeness (QED) is 0.831. The molecular formula is C13H21N3O2. The topological polar surface area (TPSA) is 58.4 Å². The minimum atomic E-state index is -0.630.